The number of ether oxygens (including phenoxy) is 1. The van der Waals surface area contributed by atoms with Crippen LogP contribution < -0.4 is 10.1 Å². The maximum absolute atomic E-state index is 11.8. The van der Waals surface area contributed by atoms with Crippen molar-refractivity contribution >= 4 is 17.8 Å². The van der Waals surface area contributed by atoms with Gasteiger partial charge in [-0.1, -0.05) is 23.8 Å². The van der Waals surface area contributed by atoms with Crippen molar-refractivity contribution in [3.05, 3.63) is 72.5 Å². The van der Waals surface area contributed by atoms with E-state index in [0.29, 0.717) is 12.4 Å². The van der Waals surface area contributed by atoms with E-state index in [1.807, 2.05) is 37.3 Å². The number of carbonyl (C=O) groups excluding carboxylic acids is 1. The van der Waals surface area contributed by atoms with Gasteiger partial charge >= 0.3 is 0 Å². The summed E-state index contributed by atoms with van der Waals surface area (Å²) < 4.78 is 5.60. The second kappa shape index (κ2) is 8.54. The number of rotatable bonds is 7. The van der Waals surface area contributed by atoms with Crippen LogP contribution in [0.4, 0.5) is 5.82 Å². The lowest BCUT2D eigenvalue weighted by atomic mass is 10.2. The minimum atomic E-state index is -0.217. The normalized spacial score (nSPS) is 10.5. The Bertz CT molecular complexity index is 676. The van der Waals surface area contributed by atoms with Crippen molar-refractivity contribution in [2.45, 2.75) is 13.3 Å². The van der Waals surface area contributed by atoms with Crippen LogP contribution in [-0.4, -0.2) is 17.5 Å². The fourth-order valence-electron chi connectivity index (χ4n) is 1.79. The van der Waals surface area contributed by atoms with Crippen molar-refractivity contribution in [1.29, 1.82) is 0 Å². The number of carbonyl (C=O) groups is 1. The van der Waals surface area contributed by atoms with E-state index in [9.17, 15) is 4.79 Å². The number of hydrogen-bond acceptors (Lipinski definition) is 3. The van der Waals surface area contributed by atoms with Crippen molar-refractivity contribution < 1.29 is 9.53 Å². The van der Waals surface area contributed by atoms with Crippen LogP contribution in [-0.2, 0) is 4.79 Å². The van der Waals surface area contributed by atoms with E-state index in [1.165, 1.54) is 6.08 Å². The predicted octanol–water partition coefficient (Wildman–Crippen LogP) is 4.08. The second-order valence-electron chi connectivity index (χ2n) is 5.16. The van der Waals surface area contributed by atoms with Gasteiger partial charge in [-0.05, 0) is 42.8 Å². The molecule has 0 fully saturated rings. The van der Waals surface area contributed by atoms with Crippen molar-refractivity contribution in [3.63, 3.8) is 0 Å². The van der Waals surface area contributed by atoms with Gasteiger partial charge in [-0.15, -0.1) is 6.58 Å². The minimum Gasteiger partial charge on any atom is -0.493 e. The van der Waals surface area contributed by atoms with Gasteiger partial charge in [-0.25, -0.2) is 4.98 Å². The molecular formula is C19H20N2O2. The van der Waals surface area contributed by atoms with Crippen LogP contribution >= 0.6 is 0 Å². The average Bonchev–Trinajstić information content (AvgIpc) is 2.55. The van der Waals surface area contributed by atoms with Gasteiger partial charge in [0.15, 0.2) is 0 Å². The Kier molecular flexibility index (Phi) is 6.12. The highest BCUT2D eigenvalue weighted by molar-refractivity contribution is 6.01. The Morgan fingerprint density at radius 2 is 2.04 bits per heavy atom. The van der Waals surface area contributed by atoms with Gasteiger partial charge in [-0.3, -0.25) is 4.79 Å². The third-order valence-electron chi connectivity index (χ3n) is 3.02. The maximum Gasteiger partial charge on any atom is 0.249 e. The highest BCUT2D eigenvalue weighted by Gasteiger charge is 1.98. The molecule has 4 heteroatoms. The first-order valence-electron chi connectivity index (χ1n) is 7.41. The van der Waals surface area contributed by atoms with Crippen LogP contribution in [0.3, 0.4) is 0 Å². The van der Waals surface area contributed by atoms with Gasteiger partial charge in [0.05, 0.1) is 6.61 Å². The first kappa shape index (κ1) is 16.5. The molecule has 118 valence electrons. The molecule has 0 radical (unpaired) electrons. The van der Waals surface area contributed by atoms with Crippen LogP contribution in [0.1, 0.15) is 18.9 Å². The number of amides is 1. The molecule has 0 aliphatic heterocycles. The van der Waals surface area contributed by atoms with E-state index in [0.717, 1.165) is 23.3 Å². The molecule has 1 aromatic carbocycles. The highest BCUT2D eigenvalue weighted by Crippen LogP contribution is 2.14. The number of benzene rings is 1. The third-order valence-corrected chi connectivity index (χ3v) is 3.02. The van der Waals surface area contributed by atoms with Crippen LogP contribution in [0.2, 0.25) is 0 Å². The molecular weight excluding hydrogens is 288 g/mol. The summed E-state index contributed by atoms with van der Waals surface area (Å²) in [4.78, 5) is 15.8. The van der Waals surface area contributed by atoms with Crippen LogP contribution in [0.5, 0.6) is 5.75 Å². The molecule has 2 aromatic rings. The Balaban J connectivity index is 1.85. The quantitative estimate of drug-likeness (QED) is 0.619. The molecule has 0 aliphatic rings. The smallest absolute Gasteiger partial charge is 0.249 e. The Labute approximate surface area is 136 Å². The predicted molar refractivity (Wildman–Crippen MR) is 93.3 cm³/mol. The van der Waals surface area contributed by atoms with Crippen molar-refractivity contribution in [2.75, 3.05) is 11.9 Å². The summed E-state index contributed by atoms with van der Waals surface area (Å²) >= 11 is 0. The summed E-state index contributed by atoms with van der Waals surface area (Å²) in [6, 6.07) is 12.9. The molecule has 1 amide bonds. The van der Waals surface area contributed by atoms with Gasteiger partial charge in [0, 0.05) is 18.7 Å². The van der Waals surface area contributed by atoms with E-state index in [-0.39, 0.29) is 5.91 Å². The molecule has 0 saturated carbocycles. The SMILES string of the molecule is C=C(C)CCOc1ccc(/C=C/C(=O)Nc2ccccn2)cc1. The van der Waals surface area contributed by atoms with Crippen molar-refractivity contribution in [1.82, 2.24) is 4.98 Å². The molecule has 1 heterocycles. The van der Waals surface area contributed by atoms with Crippen LogP contribution in [0.25, 0.3) is 6.08 Å². The van der Waals surface area contributed by atoms with Crippen molar-refractivity contribution in [2.24, 2.45) is 0 Å². The largest absolute Gasteiger partial charge is 0.493 e. The third kappa shape index (κ3) is 6.18. The molecule has 1 N–H and O–H groups in total. The van der Waals surface area contributed by atoms with E-state index < -0.39 is 0 Å². The molecule has 2 rings (SSSR count). The van der Waals surface area contributed by atoms with E-state index in [2.05, 4.69) is 16.9 Å². The molecule has 1 aromatic heterocycles. The lowest BCUT2D eigenvalue weighted by molar-refractivity contribution is -0.111. The molecule has 0 unspecified atom stereocenters. The standard InChI is InChI=1S/C19H20N2O2/c1-15(2)12-14-23-17-9-6-16(7-10-17)8-11-19(22)21-18-5-3-4-13-20-18/h3-11,13H,1,12,14H2,2H3,(H,20,21,22)/b11-8+. The molecule has 0 bridgehead atoms. The molecule has 0 spiro atoms. The second-order valence-corrected chi connectivity index (χ2v) is 5.16. The van der Waals surface area contributed by atoms with Gasteiger partial charge in [0.1, 0.15) is 11.6 Å². The van der Waals surface area contributed by atoms with Gasteiger partial charge in [0.2, 0.25) is 5.91 Å². The zero-order chi connectivity index (χ0) is 16.5. The van der Waals surface area contributed by atoms with Crippen molar-refractivity contribution in [3.8, 4) is 5.75 Å². The Morgan fingerprint density at radius 3 is 2.70 bits per heavy atom. The number of hydrogen-bond donors (Lipinski definition) is 1. The fraction of sp³-hybridized carbons (Fsp3) is 0.158. The van der Waals surface area contributed by atoms with E-state index >= 15 is 0 Å². The Hall–Kier alpha value is -2.88. The Morgan fingerprint density at radius 1 is 1.26 bits per heavy atom. The van der Waals surface area contributed by atoms with Crippen LogP contribution in [0, 0.1) is 0 Å². The number of pyridine rings is 1. The first-order chi connectivity index (χ1) is 11.1. The summed E-state index contributed by atoms with van der Waals surface area (Å²) in [7, 11) is 0. The summed E-state index contributed by atoms with van der Waals surface area (Å²) in [5.41, 5.74) is 2.02. The monoisotopic (exact) mass is 308 g/mol. The zero-order valence-corrected chi connectivity index (χ0v) is 13.2. The van der Waals surface area contributed by atoms with Crippen LogP contribution in [0.15, 0.2) is 66.9 Å². The lowest BCUT2D eigenvalue weighted by Gasteiger charge is -2.06. The molecule has 0 saturated heterocycles. The first-order valence-corrected chi connectivity index (χ1v) is 7.41. The molecule has 4 nitrogen and oxygen atoms in total. The zero-order valence-electron chi connectivity index (χ0n) is 13.2. The summed E-state index contributed by atoms with van der Waals surface area (Å²) in [5, 5.41) is 2.69. The fourth-order valence-corrected chi connectivity index (χ4v) is 1.79. The van der Waals surface area contributed by atoms with Gasteiger partial charge < -0.3 is 10.1 Å². The van der Waals surface area contributed by atoms with Gasteiger partial charge in [-0.2, -0.15) is 0 Å². The molecule has 23 heavy (non-hydrogen) atoms. The van der Waals surface area contributed by atoms with E-state index in [1.54, 1.807) is 24.4 Å². The lowest BCUT2D eigenvalue weighted by Crippen LogP contribution is -2.08. The topological polar surface area (TPSA) is 51.2 Å². The average molecular weight is 308 g/mol. The summed E-state index contributed by atoms with van der Waals surface area (Å²) in [6.07, 6.45) is 5.70. The molecule has 0 aliphatic carbocycles. The number of nitrogens with one attached hydrogen (secondary N) is 1. The summed E-state index contributed by atoms with van der Waals surface area (Å²) in [6.45, 7) is 6.44. The number of anilines is 1. The van der Waals surface area contributed by atoms with Gasteiger partial charge in [0.25, 0.3) is 0 Å². The number of nitrogens with zero attached hydrogens (tertiary/aromatic N) is 1. The summed E-state index contributed by atoms with van der Waals surface area (Å²) in [5.74, 6) is 1.12. The maximum atomic E-state index is 11.8. The molecule has 0 atom stereocenters. The highest BCUT2D eigenvalue weighted by atomic mass is 16.5. The number of aromatic nitrogens is 1. The van der Waals surface area contributed by atoms with E-state index in [4.69, 9.17) is 4.74 Å². The minimum absolute atomic E-state index is 0.217.